The van der Waals surface area contributed by atoms with Crippen LogP contribution >= 0.6 is 12.4 Å². The number of halogens is 1. The van der Waals surface area contributed by atoms with Crippen molar-refractivity contribution < 1.29 is 9.53 Å². The predicted octanol–water partition coefficient (Wildman–Crippen LogP) is 3.98. The van der Waals surface area contributed by atoms with Crippen LogP contribution in [-0.4, -0.2) is 34.0 Å². The molecule has 7 nitrogen and oxygen atoms in total. The van der Waals surface area contributed by atoms with Crippen LogP contribution in [0.5, 0.6) is 11.5 Å². The Morgan fingerprint density at radius 2 is 1.69 bits per heavy atom. The summed E-state index contributed by atoms with van der Waals surface area (Å²) in [5, 5.41) is 14.3. The highest BCUT2D eigenvalue weighted by Crippen LogP contribution is 2.23. The SMILES string of the molecule is Cc1ccc(Oc2ccc(NC(=O)c3cn(C4CCNCC4)nn3)cc2)cc1.Cl. The molecule has 3 aromatic rings. The molecular weight excluding hydrogens is 390 g/mol. The molecule has 1 aliphatic rings. The van der Waals surface area contributed by atoms with Crippen molar-refractivity contribution in [3.63, 3.8) is 0 Å². The Kier molecular flexibility index (Phi) is 6.85. The topological polar surface area (TPSA) is 81.1 Å². The molecule has 2 heterocycles. The molecule has 29 heavy (non-hydrogen) atoms. The second kappa shape index (κ2) is 9.54. The molecule has 0 spiro atoms. The highest BCUT2D eigenvalue weighted by Gasteiger charge is 2.18. The highest BCUT2D eigenvalue weighted by molar-refractivity contribution is 6.02. The van der Waals surface area contributed by atoms with Crippen LogP contribution in [0.4, 0.5) is 5.69 Å². The summed E-state index contributed by atoms with van der Waals surface area (Å²) < 4.78 is 7.60. The lowest BCUT2D eigenvalue weighted by molar-refractivity contribution is 0.102. The smallest absolute Gasteiger partial charge is 0.277 e. The maximum absolute atomic E-state index is 12.4. The number of hydrogen-bond donors (Lipinski definition) is 2. The minimum absolute atomic E-state index is 0. The lowest BCUT2D eigenvalue weighted by Crippen LogP contribution is -2.29. The number of carbonyl (C=O) groups excluding carboxylic acids is 1. The van der Waals surface area contributed by atoms with Crippen LogP contribution in [0, 0.1) is 6.92 Å². The number of piperidine rings is 1. The molecule has 8 heteroatoms. The number of amides is 1. The number of nitrogens with zero attached hydrogens (tertiary/aromatic N) is 3. The van der Waals surface area contributed by atoms with Crippen molar-refractivity contribution in [2.45, 2.75) is 25.8 Å². The van der Waals surface area contributed by atoms with E-state index < -0.39 is 0 Å². The van der Waals surface area contributed by atoms with E-state index in [-0.39, 0.29) is 18.3 Å². The van der Waals surface area contributed by atoms with Crippen molar-refractivity contribution in [1.82, 2.24) is 20.3 Å². The van der Waals surface area contributed by atoms with E-state index in [4.69, 9.17) is 4.74 Å². The van der Waals surface area contributed by atoms with Gasteiger partial charge in [-0.05, 0) is 69.3 Å². The van der Waals surface area contributed by atoms with Crippen molar-refractivity contribution in [1.29, 1.82) is 0 Å². The third-order valence-corrected chi connectivity index (χ3v) is 4.79. The summed E-state index contributed by atoms with van der Waals surface area (Å²) in [5.74, 6) is 1.21. The van der Waals surface area contributed by atoms with Crippen molar-refractivity contribution in [2.75, 3.05) is 18.4 Å². The van der Waals surface area contributed by atoms with Gasteiger partial charge < -0.3 is 15.4 Å². The summed E-state index contributed by atoms with van der Waals surface area (Å²) in [6.07, 6.45) is 3.71. The second-order valence-electron chi connectivity index (χ2n) is 6.96. The number of ether oxygens (including phenoxy) is 1. The highest BCUT2D eigenvalue weighted by atomic mass is 35.5. The molecule has 0 radical (unpaired) electrons. The normalized spacial score (nSPS) is 14.1. The zero-order valence-electron chi connectivity index (χ0n) is 16.2. The third kappa shape index (κ3) is 5.34. The molecule has 0 saturated carbocycles. The summed E-state index contributed by atoms with van der Waals surface area (Å²) >= 11 is 0. The van der Waals surface area contributed by atoms with Crippen molar-refractivity contribution in [3.05, 3.63) is 66.0 Å². The Morgan fingerprint density at radius 3 is 2.34 bits per heavy atom. The molecule has 1 fully saturated rings. The fourth-order valence-electron chi connectivity index (χ4n) is 3.17. The van der Waals surface area contributed by atoms with Crippen LogP contribution in [0.25, 0.3) is 0 Å². The summed E-state index contributed by atoms with van der Waals surface area (Å²) in [6.45, 7) is 3.96. The monoisotopic (exact) mass is 413 g/mol. The van der Waals surface area contributed by atoms with E-state index in [1.165, 1.54) is 5.56 Å². The molecule has 152 valence electrons. The maximum atomic E-state index is 12.4. The molecule has 1 aromatic heterocycles. The number of carbonyl (C=O) groups is 1. The molecule has 1 aliphatic heterocycles. The molecular formula is C21H24ClN5O2. The maximum Gasteiger partial charge on any atom is 0.277 e. The Hall–Kier alpha value is -2.90. The van der Waals surface area contributed by atoms with Gasteiger partial charge in [0.2, 0.25) is 0 Å². The Labute approximate surface area is 175 Å². The minimum atomic E-state index is -0.271. The van der Waals surface area contributed by atoms with E-state index in [0.717, 1.165) is 31.7 Å². The number of anilines is 1. The van der Waals surface area contributed by atoms with Gasteiger partial charge >= 0.3 is 0 Å². The second-order valence-corrected chi connectivity index (χ2v) is 6.96. The Bertz CT molecular complexity index is 934. The number of nitrogens with one attached hydrogen (secondary N) is 2. The van der Waals surface area contributed by atoms with Crippen molar-refractivity contribution >= 4 is 24.0 Å². The van der Waals surface area contributed by atoms with Gasteiger partial charge in [0.05, 0.1) is 12.2 Å². The van der Waals surface area contributed by atoms with E-state index in [2.05, 4.69) is 20.9 Å². The molecule has 0 atom stereocenters. The van der Waals surface area contributed by atoms with Gasteiger partial charge in [-0.2, -0.15) is 0 Å². The van der Waals surface area contributed by atoms with Crippen LogP contribution in [0.3, 0.4) is 0 Å². The van der Waals surface area contributed by atoms with Gasteiger partial charge in [-0.3, -0.25) is 4.79 Å². The van der Waals surface area contributed by atoms with E-state index in [0.29, 0.717) is 23.2 Å². The van der Waals surface area contributed by atoms with Crippen LogP contribution in [-0.2, 0) is 0 Å². The molecule has 0 bridgehead atoms. The Balaban J connectivity index is 0.00000240. The fourth-order valence-corrected chi connectivity index (χ4v) is 3.17. The summed E-state index contributed by atoms with van der Waals surface area (Å²) in [6, 6.07) is 15.4. The first-order chi connectivity index (χ1) is 13.7. The lowest BCUT2D eigenvalue weighted by Gasteiger charge is -2.22. The molecule has 1 saturated heterocycles. The molecule has 2 N–H and O–H groups in total. The van der Waals surface area contributed by atoms with E-state index >= 15 is 0 Å². The largest absolute Gasteiger partial charge is 0.457 e. The molecule has 4 rings (SSSR count). The summed E-state index contributed by atoms with van der Waals surface area (Å²) in [4.78, 5) is 12.4. The lowest BCUT2D eigenvalue weighted by atomic mass is 10.1. The van der Waals surface area contributed by atoms with Gasteiger partial charge in [0.25, 0.3) is 5.91 Å². The van der Waals surface area contributed by atoms with Gasteiger partial charge in [0.1, 0.15) is 11.5 Å². The fraction of sp³-hybridized carbons (Fsp3) is 0.286. The first-order valence-electron chi connectivity index (χ1n) is 9.46. The van der Waals surface area contributed by atoms with E-state index in [1.807, 2.05) is 43.3 Å². The first-order valence-corrected chi connectivity index (χ1v) is 9.46. The molecule has 0 unspecified atom stereocenters. The van der Waals surface area contributed by atoms with Gasteiger partial charge in [0.15, 0.2) is 5.69 Å². The quantitative estimate of drug-likeness (QED) is 0.661. The Morgan fingerprint density at radius 1 is 1.07 bits per heavy atom. The van der Waals surface area contributed by atoms with Gasteiger partial charge in [-0.15, -0.1) is 17.5 Å². The van der Waals surface area contributed by atoms with Gasteiger partial charge in [-0.1, -0.05) is 22.9 Å². The van der Waals surface area contributed by atoms with E-state index in [9.17, 15) is 4.79 Å². The van der Waals surface area contributed by atoms with Crippen LogP contribution in [0.1, 0.15) is 34.9 Å². The van der Waals surface area contributed by atoms with Crippen molar-refractivity contribution in [2.24, 2.45) is 0 Å². The minimum Gasteiger partial charge on any atom is -0.457 e. The third-order valence-electron chi connectivity index (χ3n) is 4.79. The predicted molar refractivity (Wildman–Crippen MR) is 114 cm³/mol. The molecule has 1 amide bonds. The molecule has 2 aromatic carbocycles. The summed E-state index contributed by atoms with van der Waals surface area (Å²) in [7, 11) is 0. The zero-order chi connectivity index (χ0) is 19.3. The number of aromatic nitrogens is 3. The number of aryl methyl sites for hydroxylation is 1. The van der Waals surface area contributed by atoms with Crippen LogP contribution < -0.4 is 15.4 Å². The summed E-state index contributed by atoms with van der Waals surface area (Å²) in [5.41, 5.74) is 2.18. The first kappa shape index (κ1) is 20.8. The molecule has 0 aliphatic carbocycles. The standard InChI is InChI=1S/C21H23N5O2.ClH/c1-15-2-6-18(7-3-15)28-19-8-4-16(5-9-19)23-21(27)20-14-26(25-24-20)17-10-12-22-13-11-17;/h2-9,14,17,22H,10-13H2,1H3,(H,23,27);1H. The van der Waals surface area contributed by atoms with Crippen molar-refractivity contribution in [3.8, 4) is 11.5 Å². The zero-order valence-corrected chi connectivity index (χ0v) is 17.0. The van der Waals surface area contributed by atoms with Gasteiger partial charge in [0, 0.05) is 5.69 Å². The van der Waals surface area contributed by atoms with Crippen LogP contribution in [0.2, 0.25) is 0 Å². The average Bonchev–Trinajstić information content (AvgIpc) is 3.22. The number of benzene rings is 2. The average molecular weight is 414 g/mol. The van der Waals surface area contributed by atoms with Gasteiger partial charge in [-0.25, -0.2) is 4.68 Å². The van der Waals surface area contributed by atoms with Crippen LogP contribution in [0.15, 0.2) is 54.7 Å². The number of rotatable bonds is 5. The number of hydrogen-bond acceptors (Lipinski definition) is 5. The van der Waals surface area contributed by atoms with E-state index in [1.54, 1.807) is 23.0 Å².